The lowest BCUT2D eigenvalue weighted by atomic mass is 9.84. The Bertz CT molecular complexity index is 2510. The molecule has 0 N–H and O–H groups in total. The van der Waals surface area contributed by atoms with Crippen LogP contribution in [0.4, 0.5) is 0 Å². The van der Waals surface area contributed by atoms with Gasteiger partial charge in [-0.25, -0.2) is 0 Å². The van der Waals surface area contributed by atoms with Crippen LogP contribution >= 0.6 is 0 Å². The first-order valence-corrected chi connectivity index (χ1v) is 15.9. The van der Waals surface area contributed by atoms with Crippen LogP contribution in [0.15, 0.2) is 182 Å². The average Bonchev–Trinajstić information content (AvgIpc) is 3.13. The topological polar surface area (TPSA) is 0 Å². The highest BCUT2D eigenvalue weighted by Gasteiger charge is 2.18. The van der Waals surface area contributed by atoms with Crippen molar-refractivity contribution < 1.29 is 0 Å². The van der Waals surface area contributed by atoms with Gasteiger partial charge in [-0.15, -0.1) is 0 Å². The lowest BCUT2D eigenvalue weighted by molar-refractivity contribution is 1.62. The summed E-state index contributed by atoms with van der Waals surface area (Å²) in [7, 11) is 0. The van der Waals surface area contributed by atoms with E-state index in [1.807, 2.05) is 0 Å². The van der Waals surface area contributed by atoms with Crippen LogP contribution in [0.2, 0.25) is 0 Å². The molecule has 0 spiro atoms. The van der Waals surface area contributed by atoms with Crippen molar-refractivity contribution in [1.82, 2.24) is 0 Å². The Morgan fingerprint density at radius 3 is 1.24 bits per heavy atom. The highest BCUT2D eigenvalue weighted by molar-refractivity contribution is 6.22. The fraction of sp³-hybridized carbons (Fsp3) is 0. The molecule has 0 heteroatoms. The predicted molar refractivity (Wildman–Crippen MR) is 198 cm³/mol. The SMILES string of the molecule is c1ccc(-c2c3ccccc3c(-c3ccc4cccc(-c5ccccc5-c5cccc6ccccc56)c4c3)c3ccccc23)cc1. The van der Waals surface area contributed by atoms with Gasteiger partial charge in [0.2, 0.25) is 0 Å². The van der Waals surface area contributed by atoms with E-state index in [0.717, 1.165) is 0 Å². The molecule has 9 aromatic carbocycles. The zero-order valence-corrected chi connectivity index (χ0v) is 25.3. The van der Waals surface area contributed by atoms with E-state index in [2.05, 4.69) is 182 Å². The molecule has 0 aromatic heterocycles. The van der Waals surface area contributed by atoms with Crippen LogP contribution in [0.5, 0.6) is 0 Å². The lowest BCUT2D eigenvalue weighted by Crippen LogP contribution is -1.91. The van der Waals surface area contributed by atoms with Crippen molar-refractivity contribution in [3.63, 3.8) is 0 Å². The van der Waals surface area contributed by atoms with E-state index in [9.17, 15) is 0 Å². The van der Waals surface area contributed by atoms with Gasteiger partial charge in [0.05, 0.1) is 0 Å². The minimum absolute atomic E-state index is 1.23. The van der Waals surface area contributed by atoms with Gasteiger partial charge in [-0.1, -0.05) is 176 Å². The second kappa shape index (κ2) is 10.9. The summed E-state index contributed by atoms with van der Waals surface area (Å²) in [5.74, 6) is 0. The van der Waals surface area contributed by atoms with E-state index < -0.39 is 0 Å². The van der Waals surface area contributed by atoms with Crippen LogP contribution in [-0.4, -0.2) is 0 Å². The quantitative estimate of drug-likeness (QED) is 0.181. The van der Waals surface area contributed by atoms with Gasteiger partial charge >= 0.3 is 0 Å². The van der Waals surface area contributed by atoms with Crippen molar-refractivity contribution in [2.45, 2.75) is 0 Å². The molecule has 0 fully saturated rings. The third-order valence-electron chi connectivity index (χ3n) is 9.46. The second-order valence-corrected chi connectivity index (χ2v) is 12.0. The minimum Gasteiger partial charge on any atom is -0.0622 e. The van der Waals surface area contributed by atoms with Crippen LogP contribution in [0.3, 0.4) is 0 Å². The summed E-state index contributed by atoms with van der Waals surface area (Å²) in [4.78, 5) is 0. The van der Waals surface area contributed by atoms with Crippen LogP contribution < -0.4 is 0 Å². The predicted octanol–water partition coefficient (Wildman–Crippen LogP) is 13.0. The van der Waals surface area contributed by atoms with Gasteiger partial charge in [0, 0.05) is 0 Å². The van der Waals surface area contributed by atoms with Crippen molar-refractivity contribution >= 4 is 43.1 Å². The third kappa shape index (κ3) is 4.23. The molecule has 0 saturated heterocycles. The zero-order valence-electron chi connectivity index (χ0n) is 25.3. The highest BCUT2D eigenvalue weighted by atomic mass is 14.2. The summed E-state index contributed by atoms with van der Waals surface area (Å²) < 4.78 is 0. The Morgan fingerprint density at radius 2 is 0.630 bits per heavy atom. The molecule has 46 heavy (non-hydrogen) atoms. The molecule has 0 amide bonds. The fourth-order valence-electron chi connectivity index (χ4n) is 7.43. The molecule has 0 saturated carbocycles. The summed E-state index contributed by atoms with van der Waals surface area (Å²) in [6, 6.07) is 66.5. The molecule has 0 nitrogen and oxygen atoms in total. The van der Waals surface area contributed by atoms with E-state index in [1.54, 1.807) is 0 Å². The monoisotopic (exact) mass is 582 g/mol. The lowest BCUT2D eigenvalue weighted by Gasteiger charge is -2.19. The van der Waals surface area contributed by atoms with Gasteiger partial charge in [0.15, 0.2) is 0 Å². The smallest absolute Gasteiger partial charge is 0.00261 e. The highest BCUT2D eigenvalue weighted by Crippen LogP contribution is 2.45. The average molecular weight is 583 g/mol. The van der Waals surface area contributed by atoms with Gasteiger partial charge in [0.25, 0.3) is 0 Å². The van der Waals surface area contributed by atoms with Gasteiger partial charge in [-0.05, 0) is 93.7 Å². The molecule has 0 bridgehead atoms. The van der Waals surface area contributed by atoms with E-state index in [-0.39, 0.29) is 0 Å². The summed E-state index contributed by atoms with van der Waals surface area (Å²) in [5, 5.41) is 10.1. The molecule has 0 aliphatic carbocycles. The first-order chi connectivity index (χ1) is 22.8. The van der Waals surface area contributed by atoms with Crippen LogP contribution in [0.1, 0.15) is 0 Å². The van der Waals surface area contributed by atoms with Crippen molar-refractivity contribution in [2.75, 3.05) is 0 Å². The molecule has 0 atom stereocenters. The Balaban J connectivity index is 1.32. The zero-order chi connectivity index (χ0) is 30.5. The molecule has 0 unspecified atom stereocenters. The third-order valence-corrected chi connectivity index (χ3v) is 9.46. The molecule has 9 aromatic rings. The molecule has 9 rings (SSSR count). The van der Waals surface area contributed by atoms with Crippen LogP contribution in [0.25, 0.3) is 87.6 Å². The second-order valence-electron chi connectivity index (χ2n) is 12.0. The van der Waals surface area contributed by atoms with E-state index in [0.29, 0.717) is 0 Å². The summed E-state index contributed by atoms with van der Waals surface area (Å²) >= 11 is 0. The number of fused-ring (bicyclic) bond motifs is 4. The van der Waals surface area contributed by atoms with Gasteiger partial charge < -0.3 is 0 Å². The first-order valence-electron chi connectivity index (χ1n) is 15.9. The van der Waals surface area contributed by atoms with Gasteiger partial charge in [-0.2, -0.15) is 0 Å². The molecule has 214 valence electrons. The number of rotatable bonds is 4. The minimum atomic E-state index is 1.23. The maximum atomic E-state index is 2.42. The summed E-state index contributed by atoms with van der Waals surface area (Å²) in [5.41, 5.74) is 10.1. The van der Waals surface area contributed by atoms with E-state index in [4.69, 9.17) is 0 Å². The molecule has 0 aliphatic rings. The van der Waals surface area contributed by atoms with Crippen LogP contribution in [-0.2, 0) is 0 Å². The Kier molecular flexibility index (Phi) is 6.25. The van der Waals surface area contributed by atoms with E-state index in [1.165, 1.54) is 87.6 Å². The Labute approximate surface area is 268 Å². The Hall–Kier alpha value is -5.98. The maximum absolute atomic E-state index is 2.42. The first kappa shape index (κ1) is 26.4. The normalized spacial score (nSPS) is 11.5. The largest absolute Gasteiger partial charge is 0.0622 e. The molecular formula is C46H30. The van der Waals surface area contributed by atoms with E-state index >= 15 is 0 Å². The summed E-state index contributed by atoms with van der Waals surface area (Å²) in [6.45, 7) is 0. The number of hydrogen-bond acceptors (Lipinski definition) is 0. The molecule has 0 heterocycles. The van der Waals surface area contributed by atoms with Gasteiger partial charge in [-0.3, -0.25) is 0 Å². The number of benzene rings is 9. The van der Waals surface area contributed by atoms with Crippen molar-refractivity contribution in [3.8, 4) is 44.5 Å². The Morgan fingerprint density at radius 1 is 0.217 bits per heavy atom. The fourth-order valence-corrected chi connectivity index (χ4v) is 7.43. The van der Waals surface area contributed by atoms with Crippen molar-refractivity contribution in [1.29, 1.82) is 0 Å². The summed E-state index contributed by atoms with van der Waals surface area (Å²) in [6.07, 6.45) is 0. The van der Waals surface area contributed by atoms with Crippen molar-refractivity contribution in [2.24, 2.45) is 0 Å². The van der Waals surface area contributed by atoms with Gasteiger partial charge in [0.1, 0.15) is 0 Å². The molecule has 0 radical (unpaired) electrons. The standard InChI is InChI=1S/C46H30/c1-2-15-33(16-3-1)45-40-22-8-10-24-42(40)46(43-25-11-9-23-41(43)45)34-29-28-32-18-13-27-39(44(32)30-34)38-21-7-6-20-37(38)36-26-12-17-31-14-4-5-19-35(31)36/h1-30H. The maximum Gasteiger partial charge on any atom is -0.00261 e. The van der Waals surface area contributed by atoms with Crippen molar-refractivity contribution in [3.05, 3.63) is 182 Å². The number of hydrogen-bond donors (Lipinski definition) is 0. The molecule has 0 aliphatic heterocycles. The van der Waals surface area contributed by atoms with Crippen LogP contribution in [0, 0.1) is 0 Å². The molecular weight excluding hydrogens is 553 g/mol.